The molecular weight excluding hydrogens is 185 g/mol. The molecule has 0 aromatic heterocycles. The van der Waals surface area contributed by atoms with Crippen LogP contribution in [0.4, 0.5) is 0 Å². The van der Waals surface area contributed by atoms with Crippen LogP contribution in [0.2, 0.25) is 0 Å². The van der Waals surface area contributed by atoms with Crippen molar-refractivity contribution >= 4 is 6.29 Å². The minimum Gasteiger partial charge on any atom is -0.412 e. The Kier molecular flexibility index (Phi) is 30.9. The third kappa shape index (κ3) is 16.2. The number of carbonyl (C=O) groups excluding carboxylic acids is 1. The van der Waals surface area contributed by atoms with Crippen molar-refractivity contribution in [3.05, 3.63) is 0 Å². The molecule has 49 valence electrons. The van der Waals surface area contributed by atoms with Gasteiger partial charge >= 0.3 is 0 Å². The molecule has 1 radical (unpaired) electrons. The molecule has 0 aliphatic rings. The van der Waals surface area contributed by atoms with Gasteiger partial charge in [-0.3, -0.25) is 0 Å². The molecule has 0 fully saturated rings. The van der Waals surface area contributed by atoms with Gasteiger partial charge in [-0.05, 0) is 6.42 Å². The van der Waals surface area contributed by atoms with E-state index in [-0.39, 0.29) is 27.9 Å². The normalized spacial score (nSPS) is 6.12. The topological polar surface area (TPSA) is 48.6 Å². The molecule has 0 aromatic rings. The Morgan fingerprint density at radius 3 is 2.12 bits per heavy atom. The molecule has 0 saturated carbocycles. The van der Waals surface area contributed by atoms with Crippen molar-refractivity contribution in [3.8, 4) is 0 Å². The summed E-state index contributed by atoms with van der Waals surface area (Å²) in [6.45, 7) is 2.07. The summed E-state index contributed by atoms with van der Waals surface area (Å²) in [6.07, 6.45) is 3.86. The van der Waals surface area contributed by atoms with Gasteiger partial charge in [0.25, 0.3) is 0 Å². The molecule has 0 saturated heterocycles. The summed E-state index contributed by atoms with van der Waals surface area (Å²) < 4.78 is 0. The van der Waals surface area contributed by atoms with Gasteiger partial charge in [0.15, 0.2) is 0 Å². The Balaban J connectivity index is -0.000000125. The summed E-state index contributed by atoms with van der Waals surface area (Å²) >= 11 is 0. The number of carbonyl (C=O) groups is 1. The fourth-order valence-electron chi connectivity index (χ4n) is 0.287. The number of unbranched alkanes of at least 4 members (excludes halogenated alkanes) is 2. The van der Waals surface area contributed by atoms with Gasteiger partial charge in [0.1, 0.15) is 6.29 Å². The molecule has 8 heavy (non-hydrogen) atoms. The van der Waals surface area contributed by atoms with E-state index >= 15 is 0 Å². The summed E-state index contributed by atoms with van der Waals surface area (Å²) in [5.41, 5.74) is 0. The maximum atomic E-state index is 9.56. The molecule has 0 heterocycles. The molecular formula is C5H12NbO2. The van der Waals surface area contributed by atoms with Crippen LogP contribution in [-0.2, 0) is 27.2 Å². The molecule has 0 aliphatic carbocycles. The zero-order valence-corrected chi connectivity index (χ0v) is 7.25. The van der Waals surface area contributed by atoms with E-state index in [1.165, 1.54) is 0 Å². The van der Waals surface area contributed by atoms with Crippen molar-refractivity contribution in [1.82, 2.24) is 0 Å². The molecule has 0 unspecified atom stereocenters. The summed E-state index contributed by atoms with van der Waals surface area (Å²) in [5.74, 6) is 0. The average molecular weight is 197 g/mol. The molecule has 0 rings (SSSR count). The minimum absolute atomic E-state index is 0. The van der Waals surface area contributed by atoms with Crippen LogP contribution in [0.1, 0.15) is 26.2 Å². The van der Waals surface area contributed by atoms with Gasteiger partial charge in [-0.25, -0.2) is 0 Å². The van der Waals surface area contributed by atoms with E-state index in [1.54, 1.807) is 0 Å². The maximum absolute atomic E-state index is 9.56. The molecule has 0 atom stereocenters. The van der Waals surface area contributed by atoms with E-state index in [0.29, 0.717) is 0 Å². The number of hydrogen-bond donors (Lipinski definition) is 0. The molecule has 0 bridgehead atoms. The van der Waals surface area contributed by atoms with Gasteiger partial charge in [-0.2, -0.15) is 0 Å². The van der Waals surface area contributed by atoms with Crippen molar-refractivity contribution in [2.45, 2.75) is 26.2 Å². The maximum Gasteiger partial charge on any atom is 0.119 e. The quantitative estimate of drug-likeness (QED) is 0.370. The Bertz CT molecular complexity index is 39.4. The van der Waals surface area contributed by atoms with Gasteiger partial charge in [0.2, 0.25) is 0 Å². The van der Waals surface area contributed by atoms with Crippen molar-refractivity contribution in [3.63, 3.8) is 0 Å². The van der Waals surface area contributed by atoms with Gasteiger partial charge in [0, 0.05) is 28.8 Å². The van der Waals surface area contributed by atoms with Gasteiger partial charge in [0.05, 0.1) is 0 Å². The first kappa shape index (κ1) is 15.8. The predicted molar refractivity (Wildman–Crippen MR) is 29.2 cm³/mol. The summed E-state index contributed by atoms with van der Waals surface area (Å²) in [7, 11) is 0. The monoisotopic (exact) mass is 197 g/mol. The van der Waals surface area contributed by atoms with Crippen LogP contribution in [0.3, 0.4) is 0 Å². The molecule has 2 N–H and O–H groups in total. The largest absolute Gasteiger partial charge is 0.412 e. The zero-order valence-electron chi connectivity index (χ0n) is 5.05. The Morgan fingerprint density at radius 2 is 2.00 bits per heavy atom. The van der Waals surface area contributed by atoms with Crippen LogP contribution >= 0.6 is 0 Å². The van der Waals surface area contributed by atoms with Crippen LogP contribution in [-0.4, -0.2) is 11.8 Å². The Labute approximate surface area is 65.5 Å². The third-order valence-electron chi connectivity index (χ3n) is 0.676. The standard InChI is InChI=1S/C5H10O.Nb.H2O/c1-2-3-4-5-6;;/h5H,2-4H2,1H3;;1H2. The molecule has 0 aliphatic heterocycles. The van der Waals surface area contributed by atoms with Gasteiger partial charge < -0.3 is 10.3 Å². The first-order valence-corrected chi connectivity index (χ1v) is 2.35. The SMILES string of the molecule is CCCCC=O.O.[Nb]. The second-order valence-corrected chi connectivity index (χ2v) is 1.31. The van der Waals surface area contributed by atoms with Crippen LogP contribution < -0.4 is 0 Å². The van der Waals surface area contributed by atoms with E-state index in [0.717, 1.165) is 25.5 Å². The fraction of sp³-hybridized carbons (Fsp3) is 0.800. The first-order valence-electron chi connectivity index (χ1n) is 2.35. The molecule has 0 amide bonds. The van der Waals surface area contributed by atoms with E-state index in [9.17, 15) is 4.79 Å². The number of hydrogen-bond acceptors (Lipinski definition) is 1. The predicted octanol–water partition coefficient (Wildman–Crippen LogP) is 0.548. The van der Waals surface area contributed by atoms with Crippen molar-refractivity contribution in [1.29, 1.82) is 0 Å². The zero-order chi connectivity index (χ0) is 4.83. The Morgan fingerprint density at radius 1 is 1.50 bits per heavy atom. The molecule has 0 aromatic carbocycles. The second kappa shape index (κ2) is 15.7. The molecule has 0 spiro atoms. The van der Waals surface area contributed by atoms with Crippen molar-refractivity contribution in [2.24, 2.45) is 0 Å². The summed E-state index contributed by atoms with van der Waals surface area (Å²) in [5, 5.41) is 0. The average Bonchev–Trinajstić information content (AvgIpc) is 1.61. The van der Waals surface area contributed by atoms with Crippen LogP contribution in [0.25, 0.3) is 0 Å². The molecule has 3 heteroatoms. The fourth-order valence-corrected chi connectivity index (χ4v) is 0.287. The Hall–Kier alpha value is 0.370. The van der Waals surface area contributed by atoms with Crippen LogP contribution in [0, 0.1) is 0 Å². The molecule has 2 nitrogen and oxygen atoms in total. The van der Waals surface area contributed by atoms with Crippen molar-refractivity contribution < 1.29 is 32.7 Å². The number of rotatable bonds is 3. The van der Waals surface area contributed by atoms with E-state index in [2.05, 4.69) is 6.92 Å². The smallest absolute Gasteiger partial charge is 0.119 e. The first-order chi connectivity index (χ1) is 2.91. The van der Waals surface area contributed by atoms with Crippen LogP contribution in [0.5, 0.6) is 0 Å². The van der Waals surface area contributed by atoms with Gasteiger partial charge in [-0.15, -0.1) is 0 Å². The summed E-state index contributed by atoms with van der Waals surface area (Å²) in [6, 6.07) is 0. The van der Waals surface area contributed by atoms with E-state index in [4.69, 9.17) is 0 Å². The van der Waals surface area contributed by atoms with Crippen LogP contribution in [0.15, 0.2) is 0 Å². The summed E-state index contributed by atoms with van der Waals surface area (Å²) in [4.78, 5) is 9.56. The third-order valence-corrected chi connectivity index (χ3v) is 0.676. The number of aldehydes is 1. The van der Waals surface area contributed by atoms with Crippen molar-refractivity contribution in [2.75, 3.05) is 0 Å². The van der Waals surface area contributed by atoms with E-state index in [1.807, 2.05) is 0 Å². The van der Waals surface area contributed by atoms with Gasteiger partial charge in [-0.1, -0.05) is 13.3 Å². The minimum atomic E-state index is 0. The van der Waals surface area contributed by atoms with E-state index < -0.39 is 0 Å². The second-order valence-electron chi connectivity index (χ2n) is 1.31.